The van der Waals surface area contributed by atoms with Crippen molar-refractivity contribution in [2.75, 3.05) is 7.11 Å². The smallest absolute Gasteiger partial charge is 0.422 e. The molecular formula is C19H22N4O5S. The second-order valence-electron chi connectivity index (χ2n) is 6.65. The molecule has 1 aromatic carbocycles. The van der Waals surface area contributed by atoms with Gasteiger partial charge in [-0.2, -0.15) is 22.7 Å². The molecule has 0 bridgehead atoms. The maximum atomic E-state index is 12.9. The Morgan fingerprint density at radius 2 is 1.97 bits per heavy atom. The zero-order valence-corrected chi connectivity index (χ0v) is 17.1. The lowest BCUT2D eigenvalue weighted by atomic mass is 9.95. The molecule has 1 atom stereocenters. The van der Waals surface area contributed by atoms with Gasteiger partial charge in [0.25, 0.3) is 0 Å². The highest BCUT2D eigenvalue weighted by Gasteiger charge is 2.35. The van der Waals surface area contributed by atoms with Crippen molar-refractivity contribution in [1.29, 1.82) is 0 Å². The maximum Gasteiger partial charge on any atom is 0.422 e. The number of pyridine rings is 1. The fourth-order valence-corrected chi connectivity index (χ4v) is 4.00. The number of rotatable bonds is 6. The zero-order valence-electron chi connectivity index (χ0n) is 16.3. The molecule has 2 aromatic rings. The van der Waals surface area contributed by atoms with E-state index in [0.717, 1.165) is 15.5 Å². The molecular weight excluding hydrogens is 396 g/mol. The van der Waals surface area contributed by atoms with Gasteiger partial charge in [0.2, 0.25) is 0 Å². The number of hydrogen-bond acceptors (Lipinski definition) is 7. The molecule has 3 rings (SSSR count). The van der Waals surface area contributed by atoms with Crippen LogP contribution in [-0.2, 0) is 21.4 Å². The van der Waals surface area contributed by atoms with E-state index < -0.39 is 28.4 Å². The molecule has 29 heavy (non-hydrogen) atoms. The average molecular weight is 418 g/mol. The van der Waals surface area contributed by atoms with Crippen LogP contribution in [-0.4, -0.2) is 43.3 Å². The molecule has 0 saturated heterocycles. The molecule has 9 nitrogen and oxygen atoms in total. The maximum absolute atomic E-state index is 12.9. The summed E-state index contributed by atoms with van der Waals surface area (Å²) >= 11 is 0. The molecule has 0 fully saturated rings. The topological polar surface area (TPSA) is 110 Å². The molecule has 10 heteroatoms. The van der Waals surface area contributed by atoms with Crippen molar-refractivity contribution in [3.63, 3.8) is 0 Å². The number of hydrogen-bond donors (Lipinski definition) is 1. The third kappa shape index (κ3) is 4.83. The van der Waals surface area contributed by atoms with Gasteiger partial charge >= 0.3 is 16.3 Å². The van der Waals surface area contributed by atoms with E-state index in [-0.39, 0.29) is 0 Å². The second-order valence-corrected chi connectivity index (χ2v) is 8.18. The van der Waals surface area contributed by atoms with Gasteiger partial charge in [-0.15, -0.1) is 0 Å². The summed E-state index contributed by atoms with van der Waals surface area (Å²) in [6.45, 7) is 3.25. The van der Waals surface area contributed by atoms with E-state index in [2.05, 4.69) is 10.1 Å². The summed E-state index contributed by atoms with van der Waals surface area (Å²) in [5, 5.41) is 4.10. The Bertz CT molecular complexity index is 1010. The Morgan fingerprint density at radius 1 is 1.24 bits per heavy atom. The molecule has 1 aliphatic rings. The zero-order chi connectivity index (χ0) is 21.0. The number of aromatic nitrogens is 1. The van der Waals surface area contributed by atoms with Crippen molar-refractivity contribution in [2.24, 2.45) is 5.10 Å². The first-order chi connectivity index (χ1) is 13.8. The fourth-order valence-electron chi connectivity index (χ4n) is 2.95. The number of carbonyl (C=O) groups excluding carboxylic acids is 1. The molecule has 0 spiro atoms. The summed E-state index contributed by atoms with van der Waals surface area (Å²) in [5.74, 6) is 0.586. The number of methoxy groups -OCH3 is 1. The van der Waals surface area contributed by atoms with Crippen LogP contribution in [0.25, 0.3) is 0 Å². The van der Waals surface area contributed by atoms with Gasteiger partial charge < -0.3 is 9.47 Å². The van der Waals surface area contributed by atoms with Crippen LogP contribution in [0.15, 0.2) is 47.8 Å². The van der Waals surface area contributed by atoms with Crippen molar-refractivity contribution in [3.8, 4) is 5.75 Å². The Labute approximate surface area is 169 Å². The summed E-state index contributed by atoms with van der Waals surface area (Å²) in [5.41, 5.74) is 2.33. The summed E-state index contributed by atoms with van der Waals surface area (Å²) in [6, 6.07) is 8.24. The molecule has 1 N–H and O–H groups in total. The summed E-state index contributed by atoms with van der Waals surface area (Å²) in [4.78, 5) is 15.9. The highest BCUT2D eigenvalue weighted by molar-refractivity contribution is 7.87. The summed E-state index contributed by atoms with van der Waals surface area (Å²) < 4.78 is 38.8. The minimum absolute atomic E-state index is 0.320. The van der Waals surface area contributed by atoms with Gasteiger partial charge in [0.1, 0.15) is 5.75 Å². The summed E-state index contributed by atoms with van der Waals surface area (Å²) in [6.07, 6.45) is 3.49. The molecule has 0 saturated carbocycles. The Kier molecular flexibility index (Phi) is 6.02. The first-order valence-electron chi connectivity index (χ1n) is 8.94. The predicted octanol–water partition coefficient (Wildman–Crippen LogP) is 2.40. The van der Waals surface area contributed by atoms with Crippen LogP contribution < -0.4 is 9.46 Å². The van der Waals surface area contributed by atoms with Crippen molar-refractivity contribution in [2.45, 2.75) is 32.4 Å². The van der Waals surface area contributed by atoms with Crippen LogP contribution >= 0.6 is 0 Å². The number of amides is 1. The third-order valence-corrected chi connectivity index (χ3v) is 5.48. The van der Waals surface area contributed by atoms with E-state index in [4.69, 9.17) is 9.47 Å². The molecule has 2 heterocycles. The molecule has 0 radical (unpaired) electrons. The van der Waals surface area contributed by atoms with Crippen LogP contribution in [0.4, 0.5) is 4.79 Å². The number of ether oxygens (including phenoxy) is 2. The molecule has 0 aliphatic carbocycles. The number of carbonyl (C=O) groups is 1. The predicted molar refractivity (Wildman–Crippen MR) is 107 cm³/mol. The molecule has 154 valence electrons. The van der Waals surface area contributed by atoms with Crippen LogP contribution in [0.1, 0.15) is 36.6 Å². The molecule has 1 unspecified atom stereocenters. The van der Waals surface area contributed by atoms with Gasteiger partial charge in [-0.1, -0.05) is 0 Å². The van der Waals surface area contributed by atoms with Crippen molar-refractivity contribution in [3.05, 3.63) is 59.4 Å². The van der Waals surface area contributed by atoms with Crippen molar-refractivity contribution >= 4 is 22.5 Å². The van der Waals surface area contributed by atoms with Crippen LogP contribution in [0.5, 0.6) is 5.75 Å². The molecule has 1 amide bonds. The quantitative estimate of drug-likeness (QED) is 0.771. The number of fused-ring (bicyclic) bond motifs is 1. The molecule has 1 aliphatic heterocycles. The lowest BCUT2D eigenvalue weighted by molar-refractivity contribution is 0.120. The van der Waals surface area contributed by atoms with E-state index in [9.17, 15) is 13.2 Å². The first kappa shape index (κ1) is 20.6. The fraction of sp³-hybridized carbons (Fsp3) is 0.316. The van der Waals surface area contributed by atoms with E-state index >= 15 is 0 Å². The summed E-state index contributed by atoms with van der Waals surface area (Å²) in [7, 11) is -2.77. The SMILES string of the molecule is COc1ccc2c(c1)C(Cc1ccncc1)N(S(=O)(=O)NC(=O)OC(C)C)N=C2. The Hall–Kier alpha value is -3.14. The van der Waals surface area contributed by atoms with E-state index in [1.54, 1.807) is 50.5 Å². The van der Waals surface area contributed by atoms with Crippen molar-refractivity contribution < 1.29 is 22.7 Å². The second kappa shape index (κ2) is 8.48. The van der Waals surface area contributed by atoms with Gasteiger partial charge in [-0.25, -0.2) is 4.79 Å². The van der Waals surface area contributed by atoms with Gasteiger partial charge in [-0.05, 0) is 55.3 Å². The normalized spacial score (nSPS) is 15.7. The number of nitrogens with zero attached hydrogens (tertiary/aromatic N) is 3. The third-order valence-electron chi connectivity index (χ3n) is 4.21. The van der Waals surface area contributed by atoms with Crippen molar-refractivity contribution in [1.82, 2.24) is 14.1 Å². The van der Waals surface area contributed by atoms with Gasteiger partial charge in [0, 0.05) is 24.4 Å². The monoisotopic (exact) mass is 418 g/mol. The largest absolute Gasteiger partial charge is 0.497 e. The number of benzene rings is 1. The van der Waals surface area contributed by atoms with Crippen LogP contribution in [0, 0.1) is 0 Å². The Morgan fingerprint density at radius 3 is 2.62 bits per heavy atom. The van der Waals surface area contributed by atoms with Crippen LogP contribution in [0.2, 0.25) is 0 Å². The number of nitrogens with one attached hydrogen (secondary N) is 1. The number of hydrazone groups is 1. The van der Waals surface area contributed by atoms with E-state index in [1.165, 1.54) is 13.3 Å². The highest BCUT2D eigenvalue weighted by Crippen LogP contribution is 2.34. The highest BCUT2D eigenvalue weighted by atomic mass is 32.2. The van der Waals surface area contributed by atoms with E-state index in [1.807, 2.05) is 10.8 Å². The van der Waals surface area contributed by atoms with Crippen LogP contribution in [0.3, 0.4) is 0 Å². The minimum atomic E-state index is -4.31. The lowest BCUT2D eigenvalue weighted by Crippen LogP contribution is -2.45. The average Bonchev–Trinajstić information content (AvgIpc) is 2.67. The first-order valence-corrected chi connectivity index (χ1v) is 10.4. The van der Waals surface area contributed by atoms with Gasteiger partial charge in [0.05, 0.1) is 25.5 Å². The lowest BCUT2D eigenvalue weighted by Gasteiger charge is -2.32. The standard InChI is InChI=1S/C19H22N4O5S/c1-13(2)28-19(24)22-29(25,26)23-18(10-14-6-8-20-9-7-14)17-11-16(27-3)5-4-15(17)12-21-23/h4-9,11-13,18H,10H2,1-3H3,(H,22,24). The van der Waals surface area contributed by atoms with Gasteiger partial charge in [0.15, 0.2) is 0 Å². The minimum Gasteiger partial charge on any atom is -0.497 e. The Balaban J connectivity index is 1.99. The van der Waals surface area contributed by atoms with E-state index in [0.29, 0.717) is 17.7 Å². The van der Waals surface area contributed by atoms with Gasteiger partial charge in [-0.3, -0.25) is 4.98 Å². The molecule has 1 aromatic heterocycles.